The van der Waals surface area contributed by atoms with Crippen LogP contribution in [0.2, 0.25) is 5.02 Å². The zero-order valence-electron chi connectivity index (χ0n) is 20.0. The highest BCUT2D eigenvalue weighted by Gasteiger charge is 2.45. The number of amides is 1. The molecule has 0 aromatic heterocycles. The zero-order valence-corrected chi connectivity index (χ0v) is 20.7. The Balaban J connectivity index is 1.54. The number of hydrogen-bond donors (Lipinski definition) is 0. The fourth-order valence-corrected chi connectivity index (χ4v) is 5.99. The molecule has 6 heteroatoms. The third kappa shape index (κ3) is 4.16. The van der Waals surface area contributed by atoms with Crippen LogP contribution in [0.3, 0.4) is 0 Å². The van der Waals surface area contributed by atoms with Crippen molar-refractivity contribution in [2.45, 2.75) is 64.0 Å². The van der Waals surface area contributed by atoms with Gasteiger partial charge in [-0.15, -0.1) is 0 Å². The van der Waals surface area contributed by atoms with Gasteiger partial charge in [-0.05, 0) is 93.5 Å². The number of benzene rings is 2. The van der Waals surface area contributed by atoms with E-state index in [1.807, 2.05) is 43.9 Å². The van der Waals surface area contributed by atoms with E-state index in [4.69, 9.17) is 21.1 Å². The van der Waals surface area contributed by atoms with E-state index in [0.29, 0.717) is 17.6 Å². The number of anilines is 1. The molecular weight excluding hydrogens is 436 g/mol. The fourth-order valence-electron chi connectivity index (χ4n) is 5.71. The molecule has 3 aliphatic rings. The first-order valence-corrected chi connectivity index (χ1v) is 12.4. The van der Waals surface area contributed by atoms with Gasteiger partial charge < -0.3 is 19.3 Å². The van der Waals surface area contributed by atoms with Gasteiger partial charge in [-0.2, -0.15) is 0 Å². The smallest absolute Gasteiger partial charge is 0.410 e. The third-order valence-corrected chi connectivity index (χ3v) is 7.43. The largest absolute Gasteiger partial charge is 0.497 e. The van der Waals surface area contributed by atoms with Crippen LogP contribution in [0.5, 0.6) is 5.75 Å². The van der Waals surface area contributed by atoms with Crippen LogP contribution in [0, 0.1) is 0 Å². The predicted octanol–water partition coefficient (Wildman–Crippen LogP) is 6.26. The Morgan fingerprint density at radius 1 is 1.12 bits per heavy atom. The molecule has 3 heterocycles. The monoisotopic (exact) mass is 468 g/mol. The van der Waals surface area contributed by atoms with Gasteiger partial charge in [0.2, 0.25) is 0 Å². The Hall–Kier alpha value is -2.40. The summed E-state index contributed by atoms with van der Waals surface area (Å²) >= 11 is 6.67. The number of likely N-dealkylation sites (tertiary alicyclic amines) is 1. The fraction of sp³-hybridized carbons (Fsp3) is 0.519. The minimum Gasteiger partial charge on any atom is -0.497 e. The Morgan fingerprint density at radius 2 is 1.94 bits per heavy atom. The number of hydrogen-bond acceptors (Lipinski definition) is 4. The summed E-state index contributed by atoms with van der Waals surface area (Å²) in [6.07, 6.45) is 4.24. The summed E-state index contributed by atoms with van der Waals surface area (Å²) in [7, 11) is 1.66. The van der Waals surface area contributed by atoms with Gasteiger partial charge in [0.1, 0.15) is 11.4 Å². The number of methoxy groups -OCH3 is 1. The third-order valence-electron chi connectivity index (χ3n) is 7.12. The predicted molar refractivity (Wildman–Crippen MR) is 133 cm³/mol. The van der Waals surface area contributed by atoms with Gasteiger partial charge in [-0.1, -0.05) is 11.6 Å². The molecule has 0 N–H and O–H groups in total. The summed E-state index contributed by atoms with van der Waals surface area (Å²) in [6.45, 7) is 8.31. The number of piperidine rings is 1. The summed E-state index contributed by atoms with van der Waals surface area (Å²) in [5, 5.41) is 0.695. The number of fused-ring (bicyclic) bond motifs is 3. The second-order valence-electron chi connectivity index (χ2n) is 10.5. The van der Waals surface area contributed by atoms with E-state index < -0.39 is 5.60 Å². The Bertz CT molecular complexity index is 1080. The zero-order chi connectivity index (χ0) is 23.3. The Labute approximate surface area is 201 Å². The van der Waals surface area contributed by atoms with Gasteiger partial charge >= 0.3 is 6.09 Å². The van der Waals surface area contributed by atoms with E-state index in [1.54, 1.807) is 7.11 Å². The molecule has 1 fully saturated rings. The van der Waals surface area contributed by atoms with Crippen molar-refractivity contribution >= 4 is 23.4 Å². The lowest BCUT2D eigenvalue weighted by Crippen LogP contribution is -2.49. The molecule has 0 unspecified atom stereocenters. The molecule has 0 bridgehead atoms. The van der Waals surface area contributed by atoms with Crippen LogP contribution >= 0.6 is 11.6 Å². The summed E-state index contributed by atoms with van der Waals surface area (Å²) in [6, 6.07) is 11.0. The van der Waals surface area contributed by atoms with Gasteiger partial charge in [-0.25, -0.2) is 4.79 Å². The molecule has 5 rings (SSSR count). The molecule has 2 aromatic rings. The maximum Gasteiger partial charge on any atom is 0.410 e. The quantitative estimate of drug-likeness (QED) is 0.521. The van der Waals surface area contributed by atoms with Crippen LogP contribution in [-0.4, -0.2) is 49.4 Å². The van der Waals surface area contributed by atoms with E-state index in [0.717, 1.165) is 42.8 Å². The minimum absolute atomic E-state index is 0.206. The van der Waals surface area contributed by atoms with Crippen LogP contribution in [0.1, 0.15) is 57.1 Å². The summed E-state index contributed by atoms with van der Waals surface area (Å²) in [5.41, 5.74) is 5.85. The number of rotatable bonds is 2. The van der Waals surface area contributed by atoms with Gasteiger partial charge in [0.05, 0.1) is 12.1 Å². The lowest BCUT2D eigenvalue weighted by atomic mass is 9.86. The maximum absolute atomic E-state index is 12.9. The molecule has 0 radical (unpaired) electrons. The SMILES string of the molecule is COc1ccc(-c2cc3c4c(c2)[C@@H]2CN(C(=O)OC(C)(C)C)CC[C@@H]2N4CCCC3)c(Cl)c1. The Kier molecular flexibility index (Phi) is 5.72. The maximum atomic E-state index is 12.9. The summed E-state index contributed by atoms with van der Waals surface area (Å²) in [5.74, 6) is 1.05. The molecular formula is C27H33ClN2O3. The average Bonchev–Trinajstić information content (AvgIpc) is 2.92. The van der Waals surface area contributed by atoms with E-state index >= 15 is 0 Å². The van der Waals surface area contributed by atoms with Crippen molar-refractivity contribution in [1.82, 2.24) is 4.90 Å². The summed E-state index contributed by atoms with van der Waals surface area (Å²) in [4.78, 5) is 17.4. The molecule has 2 atom stereocenters. The molecule has 176 valence electrons. The molecule has 1 amide bonds. The Morgan fingerprint density at radius 3 is 2.67 bits per heavy atom. The number of halogens is 1. The van der Waals surface area contributed by atoms with E-state index in [1.165, 1.54) is 29.7 Å². The van der Waals surface area contributed by atoms with Gasteiger partial charge in [-0.3, -0.25) is 0 Å². The standard InChI is InChI=1S/C27H33ClN2O3/c1-27(2,3)33-26(31)29-12-10-24-22(16-29)21-14-18(20-9-8-19(32-4)15-23(20)28)13-17-7-5-6-11-30(24)25(17)21/h8-9,13-15,22,24H,5-7,10-12,16H2,1-4H3/t22-,24-/m0/s1. The normalized spacial score (nSPS) is 21.8. The number of aryl methyl sites for hydroxylation is 1. The van der Waals surface area contributed by atoms with Crippen LogP contribution < -0.4 is 9.64 Å². The van der Waals surface area contributed by atoms with Crippen molar-refractivity contribution in [1.29, 1.82) is 0 Å². The highest BCUT2D eigenvalue weighted by atomic mass is 35.5. The van der Waals surface area contributed by atoms with Gasteiger partial charge in [0.15, 0.2) is 0 Å². The topological polar surface area (TPSA) is 42.0 Å². The second kappa shape index (κ2) is 8.43. The van der Waals surface area contributed by atoms with Crippen molar-refractivity contribution < 1.29 is 14.3 Å². The molecule has 2 aromatic carbocycles. The van der Waals surface area contributed by atoms with Crippen LogP contribution in [0.25, 0.3) is 11.1 Å². The highest BCUT2D eigenvalue weighted by Crippen LogP contribution is 2.50. The number of carbonyl (C=O) groups is 1. The van der Waals surface area contributed by atoms with Crippen LogP contribution in [-0.2, 0) is 11.2 Å². The lowest BCUT2D eigenvalue weighted by Gasteiger charge is -2.39. The molecule has 1 saturated heterocycles. The van der Waals surface area contributed by atoms with Crippen molar-refractivity contribution in [3.8, 4) is 16.9 Å². The number of nitrogens with zero attached hydrogens (tertiary/aromatic N) is 2. The van der Waals surface area contributed by atoms with Crippen molar-refractivity contribution in [3.05, 3.63) is 46.5 Å². The van der Waals surface area contributed by atoms with Gasteiger partial charge in [0, 0.05) is 42.8 Å². The first kappa shape index (κ1) is 22.4. The molecule has 0 saturated carbocycles. The number of carbonyl (C=O) groups excluding carboxylic acids is 1. The van der Waals surface area contributed by atoms with Crippen molar-refractivity contribution in [3.63, 3.8) is 0 Å². The molecule has 33 heavy (non-hydrogen) atoms. The molecule has 0 aliphatic carbocycles. The average molecular weight is 469 g/mol. The number of ether oxygens (including phenoxy) is 2. The van der Waals surface area contributed by atoms with Crippen LogP contribution in [0.4, 0.5) is 10.5 Å². The van der Waals surface area contributed by atoms with E-state index in [-0.39, 0.29) is 12.0 Å². The first-order chi connectivity index (χ1) is 15.7. The van der Waals surface area contributed by atoms with E-state index in [2.05, 4.69) is 17.0 Å². The van der Waals surface area contributed by atoms with Crippen molar-refractivity contribution in [2.75, 3.05) is 31.6 Å². The molecule has 5 nitrogen and oxygen atoms in total. The molecule has 0 spiro atoms. The molecule has 3 aliphatic heterocycles. The highest BCUT2D eigenvalue weighted by molar-refractivity contribution is 6.33. The van der Waals surface area contributed by atoms with Gasteiger partial charge in [0.25, 0.3) is 0 Å². The lowest BCUT2D eigenvalue weighted by molar-refractivity contribution is 0.0189. The second-order valence-corrected chi connectivity index (χ2v) is 10.9. The van der Waals surface area contributed by atoms with E-state index in [9.17, 15) is 4.79 Å². The van der Waals surface area contributed by atoms with Crippen LogP contribution in [0.15, 0.2) is 30.3 Å². The van der Waals surface area contributed by atoms with Crippen molar-refractivity contribution in [2.24, 2.45) is 0 Å². The minimum atomic E-state index is -0.486. The first-order valence-electron chi connectivity index (χ1n) is 12.0. The summed E-state index contributed by atoms with van der Waals surface area (Å²) < 4.78 is 11.0.